The first-order valence-electron chi connectivity index (χ1n) is 7.15. The second-order valence-corrected chi connectivity index (χ2v) is 5.98. The Bertz CT molecular complexity index is 418. The highest BCUT2D eigenvalue weighted by atomic mass is 14.9. The van der Waals surface area contributed by atoms with Gasteiger partial charge in [0, 0.05) is 13.1 Å². The Morgan fingerprint density at radius 2 is 2.06 bits per heavy atom. The van der Waals surface area contributed by atoms with Crippen molar-refractivity contribution in [2.75, 3.05) is 17.7 Å². The van der Waals surface area contributed by atoms with E-state index < -0.39 is 0 Å². The Labute approximate surface area is 109 Å². The molecule has 0 radical (unpaired) electrons. The zero-order valence-corrected chi connectivity index (χ0v) is 11.3. The van der Waals surface area contributed by atoms with Gasteiger partial charge < -0.3 is 10.6 Å². The third kappa shape index (κ3) is 2.18. The van der Waals surface area contributed by atoms with Crippen molar-refractivity contribution in [1.29, 1.82) is 0 Å². The third-order valence-corrected chi connectivity index (χ3v) is 4.86. The van der Waals surface area contributed by atoms with Crippen molar-refractivity contribution >= 4 is 11.4 Å². The molecule has 1 heterocycles. The van der Waals surface area contributed by atoms with Crippen molar-refractivity contribution in [3.63, 3.8) is 0 Å². The van der Waals surface area contributed by atoms with Crippen LogP contribution >= 0.6 is 0 Å². The first-order chi connectivity index (χ1) is 8.76. The van der Waals surface area contributed by atoms with Gasteiger partial charge in [0.25, 0.3) is 0 Å². The van der Waals surface area contributed by atoms with Gasteiger partial charge in [-0.3, -0.25) is 4.98 Å². The maximum atomic E-state index is 4.26. The second-order valence-electron chi connectivity index (χ2n) is 5.98. The molecule has 0 amide bonds. The van der Waals surface area contributed by atoms with E-state index in [1.807, 2.05) is 19.4 Å². The minimum atomic E-state index is 0.564. The number of nitrogens with one attached hydrogen (secondary N) is 2. The van der Waals surface area contributed by atoms with Crippen LogP contribution in [0.2, 0.25) is 0 Å². The molecule has 4 atom stereocenters. The Morgan fingerprint density at radius 1 is 1.22 bits per heavy atom. The summed E-state index contributed by atoms with van der Waals surface area (Å²) >= 11 is 0. The monoisotopic (exact) mass is 245 g/mol. The molecule has 0 aromatic carbocycles. The van der Waals surface area contributed by atoms with Crippen LogP contribution in [-0.2, 0) is 0 Å². The fourth-order valence-electron chi connectivity index (χ4n) is 3.93. The fraction of sp³-hybridized carbons (Fsp3) is 0.667. The van der Waals surface area contributed by atoms with Crippen LogP contribution in [0.4, 0.5) is 11.4 Å². The van der Waals surface area contributed by atoms with Crippen LogP contribution in [0.5, 0.6) is 0 Å². The van der Waals surface area contributed by atoms with Gasteiger partial charge in [0.1, 0.15) is 0 Å². The van der Waals surface area contributed by atoms with E-state index in [0.717, 1.165) is 29.1 Å². The number of anilines is 2. The summed E-state index contributed by atoms with van der Waals surface area (Å²) in [5.74, 6) is 2.85. The normalized spacial score (nSPS) is 31.3. The molecule has 2 bridgehead atoms. The van der Waals surface area contributed by atoms with Gasteiger partial charge in [-0.05, 0) is 50.0 Å². The smallest absolute Gasteiger partial charge is 0.0549 e. The lowest BCUT2D eigenvalue weighted by atomic mass is 9.84. The van der Waals surface area contributed by atoms with Crippen LogP contribution in [0, 0.1) is 17.8 Å². The molecule has 4 unspecified atom stereocenters. The van der Waals surface area contributed by atoms with Gasteiger partial charge >= 0.3 is 0 Å². The molecule has 3 rings (SSSR count). The van der Waals surface area contributed by atoms with Crippen LogP contribution in [0.1, 0.15) is 32.6 Å². The average molecular weight is 245 g/mol. The number of aromatic nitrogens is 1. The third-order valence-electron chi connectivity index (χ3n) is 4.86. The highest BCUT2D eigenvalue weighted by Gasteiger charge is 2.41. The number of rotatable bonds is 4. The molecule has 98 valence electrons. The van der Waals surface area contributed by atoms with Crippen molar-refractivity contribution in [1.82, 2.24) is 4.98 Å². The lowest BCUT2D eigenvalue weighted by molar-refractivity contribution is 0.304. The predicted octanol–water partition coefficient (Wildman–Crippen LogP) is 3.36. The summed E-state index contributed by atoms with van der Waals surface area (Å²) in [6, 6.07) is 2.70. The summed E-state index contributed by atoms with van der Waals surface area (Å²) in [5.41, 5.74) is 2.21. The lowest BCUT2D eigenvalue weighted by Gasteiger charge is -2.29. The molecule has 2 aliphatic carbocycles. The number of nitrogens with zero attached hydrogens (tertiary/aromatic N) is 1. The van der Waals surface area contributed by atoms with E-state index in [1.165, 1.54) is 25.7 Å². The van der Waals surface area contributed by atoms with Gasteiger partial charge in [-0.15, -0.1) is 0 Å². The fourth-order valence-corrected chi connectivity index (χ4v) is 3.93. The Balaban J connectivity index is 1.65. The molecule has 3 nitrogen and oxygen atoms in total. The molecule has 2 saturated carbocycles. The molecule has 0 saturated heterocycles. The van der Waals surface area contributed by atoms with Crippen LogP contribution in [0.25, 0.3) is 0 Å². The molecular formula is C15H23N3. The molecule has 0 aliphatic heterocycles. The van der Waals surface area contributed by atoms with E-state index >= 15 is 0 Å². The van der Waals surface area contributed by atoms with E-state index in [1.54, 1.807) is 0 Å². The molecule has 2 fully saturated rings. The summed E-state index contributed by atoms with van der Waals surface area (Å²) in [6.45, 7) is 2.33. The maximum Gasteiger partial charge on any atom is 0.0549 e. The lowest BCUT2D eigenvalue weighted by Crippen LogP contribution is -2.29. The molecule has 2 N–H and O–H groups in total. The summed E-state index contributed by atoms with van der Waals surface area (Å²) in [7, 11) is 1.93. The van der Waals surface area contributed by atoms with Crippen LogP contribution in [0.15, 0.2) is 18.5 Å². The number of hydrogen-bond acceptors (Lipinski definition) is 3. The Kier molecular flexibility index (Phi) is 3.14. The maximum absolute atomic E-state index is 4.26. The molecular weight excluding hydrogens is 222 g/mol. The average Bonchev–Trinajstić information content (AvgIpc) is 3.01. The first kappa shape index (κ1) is 11.8. The van der Waals surface area contributed by atoms with Gasteiger partial charge in [0.2, 0.25) is 0 Å². The molecule has 3 heteroatoms. The first-order valence-corrected chi connectivity index (χ1v) is 7.15. The molecule has 2 aliphatic rings. The van der Waals surface area contributed by atoms with E-state index in [-0.39, 0.29) is 0 Å². The topological polar surface area (TPSA) is 37.0 Å². The molecule has 1 aromatic heterocycles. The summed E-state index contributed by atoms with van der Waals surface area (Å²) in [5, 5.41) is 6.78. The number of hydrogen-bond donors (Lipinski definition) is 2. The van der Waals surface area contributed by atoms with Crippen molar-refractivity contribution in [3.8, 4) is 0 Å². The molecule has 18 heavy (non-hydrogen) atoms. The zero-order chi connectivity index (χ0) is 12.5. The number of pyridine rings is 1. The largest absolute Gasteiger partial charge is 0.387 e. The molecule has 1 aromatic rings. The summed E-state index contributed by atoms with van der Waals surface area (Å²) in [6.07, 6.45) is 9.61. The quantitative estimate of drug-likeness (QED) is 0.854. The van der Waals surface area contributed by atoms with Crippen LogP contribution in [-0.4, -0.2) is 18.1 Å². The van der Waals surface area contributed by atoms with Crippen molar-refractivity contribution in [3.05, 3.63) is 18.5 Å². The van der Waals surface area contributed by atoms with Crippen LogP contribution < -0.4 is 10.6 Å². The van der Waals surface area contributed by atoms with Gasteiger partial charge in [-0.25, -0.2) is 0 Å². The Hall–Kier alpha value is -1.25. The van der Waals surface area contributed by atoms with Crippen molar-refractivity contribution < 1.29 is 0 Å². The van der Waals surface area contributed by atoms with E-state index in [2.05, 4.69) is 28.6 Å². The summed E-state index contributed by atoms with van der Waals surface area (Å²) < 4.78 is 0. The van der Waals surface area contributed by atoms with Gasteiger partial charge in [-0.1, -0.05) is 6.42 Å². The second kappa shape index (κ2) is 4.79. The highest BCUT2D eigenvalue weighted by molar-refractivity contribution is 5.54. The van der Waals surface area contributed by atoms with E-state index in [0.29, 0.717) is 6.04 Å². The highest BCUT2D eigenvalue weighted by Crippen LogP contribution is 2.49. The van der Waals surface area contributed by atoms with Crippen LogP contribution in [0.3, 0.4) is 0 Å². The number of fused-ring (bicyclic) bond motifs is 2. The van der Waals surface area contributed by atoms with Crippen molar-refractivity contribution in [2.24, 2.45) is 17.8 Å². The Morgan fingerprint density at radius 3 is 2.72 bits per heavy atom. The van der Waals surface area contributed by atoms with E-state index in [4.69, 9.17) is 0 Å². The standard InChI is InChI=1S/C15H23N3/c1-10(15-6-11-3-4-12(15)5-11)18-14-7-13(16-2)8-17-9-14/h7-12,15-16,18H,3-6H2,1-2H3. The van der Waals surface area contributed by atoms with Crippen molar-refractivity contribution in [2.45, 2.75) is 38.6 Å². The van der Waals surface area contributed by atoms with Gasteiger partial charge in [0.05, 0.1) is 23.8 Å². The van der Waals surface area contributed by atoms with Gasteiger partial charge in [-0.2, -0.15) is 0 Å². The molecule has 0 spiro atoms. The SMILES string of the molecule is CNc1cncc(NC(C)C2CC3CCC2C3)c1. The summed E-state index contributed by atoms with van der Waals surface area (Å²) in [4.78, 5) is 4.26. The predicted molar refractivity (Wildman–Crippen MR) is 75.8 cm³/mol. The van der Waals surface area contributed by atoms with Gasteiger partial charge in [0.15, 0.2) is 0 Å². The minimum absolute atomic E-state index is 0.564. The zero-order valence-electron chi connectivity index (χ0n) is 11.3. The van der Waals surface area contributed by atoms with E-state index in [9.17, 15) is 0 Å². The minimum Gasteiger partial charge on any atom is -0.387 e.